The number of morpholine rings is 1. The molecule has 2 aromatic heterocycles. The summed E-state index contributed by atoms with van der Waals surface area (Å²) in [6.45, 7) is 12.1. The van der Waals surface area contributed by atoms with E-state index in [0.717, 1.165) is 56.7 Å². The first-order chi connectivity index (χ1) is 13.6. The number of nitrogens with zero attached hydrogens (tertiary/aromatic N) is 3. The van der Waals surface area contributed by atoms with Crippen molar-refractivity contribution in [3.8, 4) is 0 Å². The van der Waals surface area contributed by atoms with Crippen LogP contribution in [0.15, 0.2) is 40.8 Å². The summed E-state index contributed by atoms with van der Waals surface area (Å²) >= 11 is 1.80. The molecule has 8 heteroatoms. The van der Waals surface area contributed by atoms with Crippen LogP contribution in [0, 0.1) is 0 Å². The Kier molecular flexibility index (Phi) is 9.64. The van der Waals surface area contributed by atoms with Gasteiger partial charge in [-0.15, -0.1) is 35.3 Å². The number of nitrogens with one attached hydrogen (secondary N) is 2. The lowest BCUT2D eigenvalue weighted by molar-refractivity contribution is 0.122. The van der Waals surface area contributed by atoms with Gasteiger partial charge in [0.25, 0.3) is 0 Å². The average molecular weight is 529 g/mol. The summed E-state index contributed by atoms with van der Waals surface area (Å²) in [5.41, 5.74) is 1.19. The van der Waals surface area contributed by atoms with Crippen LogP contribution in [-0.2, 0) is 16.7 Å². The minimum absolute atomic E-state index is 0. The van der Waals surface area contributed by atoms with Crippen LogP contribution in [0.25, 0.3) is 0 Å². The number of ether oxygens (including phenoxy) is 1. The second kappa shape index (κ2) is 11.7. The second-order valence-electron chi connectivity index (χ2n) is 7.50. The van der Waals surface area contributed by atoms with Gasteiger partial charge in [0, 0.05) is 48.2 Å². The van der Waals surface area contributed by atoms with E-state index in [1.165, 1.54) is 4.88 Å². The molecule has 3 rings (SSSR count). The van der Waals surface area contributed by atoms with Crippen LogP contribution in [0.4, 0.5) is 5.82 Å². The number of pyridine rings is 1. The number of guanidine groups is 1. The van der Waals surface area contributed by atoms with Gasteiger partial charge in [-0.3, -0.25) is 0 Å². The molecule has 1 fully saturated rings. The van der Waals surface area contributed by atoms with Gasteiger partial charge < -0.3 is 20.3 Å². The van der Waals surface area contributed by atoms with Gasteiger partial charge >= 0.3 is 0 Å². The van der Waals surface area contributed by atoms with E-state index < -0.39 is 0 Å². The molecule has 0 amide bonds. The van der Waals surface area contributed by atoms with Crippen molar-refractivity contribution in [3.63, 3.8) is 0 Å². The van der Waals surface area contributed by atoms with E-state index in [0.29, 0.717) is 6.54 Å². The Morgan fingerprint density at radius 3 is 2.72 bits per heavy atom. The van der Waals surface area contributed by atoms with E-state index in [9.17, 15) is 0 Å². The molecule has 2 aromatic rings. The first kappa shape index (κ1) is 23.9. The van der Waals surface area contributed by atoms with Gasteiger partial charge in [0.05, 0.1) is 19.8 Å². The molecule has 0 saturated carbocycles. The molecule has 6 nitrogen and oxygen atoms in total. The lowest BCUT2D eigenvalue weighted by atomic mass is 9.91. The number of rotatable bonds is 7. The van der Waals surface area contributed by atoms with Gasteiger partial charge in [0.1, 0.15) is 5.82 Å². The third kappa shape index (κ3) is 6.82. The number of aliphatic imine (C=N–C) groups is 1. The van der Waals surface area contributed by atoms with E-state index in [4.69, 9.17) is 9.73 Å². The van der Waals surface area contributed by atoms with E-state index in [-0.39, 0.29) is 29.4 Å². The molecule has 0 atom stereocenters. The third-order valence-corrected chi connectivity index (χ3v) is 6.05. The number of halogens is 1. The fourth-order valence-electron chi connectivity index (χ4n) is 3.18. The molecular weight excluding hydrogens is 497 g/mol. The lowest BCUT2D eigenvalue weighted by Gasteiger charge is -2.29. The highest BCUT2D eigenvalue weighted by Crippen LogP contribution is 2.26. The maximum atomic E-state index is 5.47. The van der Waals surface area contributed by atoms with Crippen molar-refractivity contribution < 1.29 is 4.74 Å². The first-order valence-electron chi connectivity index (χ1n) is 9.93. The van der Waals surface area contributed by atoms with Crippen molar-refractivity contribution in [2.45, 2.75) is 32.7 Å². The predicted octanol–water partition coefficient (Wildman–Crippen LogP) is 3.63. The Bertz CT molecular complexity index is 760. The maximum Gasteiger partial charge on any atom is 0.191 e. The SMILES string of the molecule is CCNC(=NCc1cccnc1N1CCOCC1)NCC(C)(C)c1cccs1.I. The molecule has 160 valence electrons. The predicted molar refractivity (Wildman–Crippen MR) is 133 cm³/mol. The van der Waals surface area contributed by atoms with Gasteiger partial charge in [0.2, 0.25) is 0 Å². The molecule has 1 aliphatic rings. The van der Waals surface area contributed by atoms with Crippen molar-refractivity contribution in [1.82, 2.24) is 15.6 Å². The highest BCUT2D eigenvalue weighted by Gasteiger charge is 2.22. The largest absolute Gasteiger partial charge is 0.378 e. The Morgan fingerprint density at radius 2 is 2.03 bits per heavy atom. The van der Waals surface area contributed by atoms with Crippen molar-refractivity contribution in [1.29, 1.82) is 0 Å². The Balaban J connectivity index is 0.00000300. The Hall–Kier alpha value is -1.39. The standard InChI is InChI=1S/C21H31N5OS.HI/c1-4-22-20(25-16-21(2,3)18-8-6-14-28-18)24-15-17-7-5-9-23-19(17)26-10-12-27-13-11-26;/h5-9,14H,4,10-13,15-16H2,1-3H3,(H2,22,24,25);1H. The Labute approximate surface area is 195 Å². The van der Waals surface area contributed by atoms with Crippen molar-refractivity contribution in [2.75, 3.05) is 44.3 Å². The van der Waals surface area contributed by atoms with E-state index in [2.05, 4.69) is 64.9 Å². The van der Waals surface area contributed by atoms with Crippen molar-refractivity contribution in [2.24, 2.45) is 4.99 Å². The molecular formula is C21H32IN5OS. The minimum Gasteiger partial charge on any atom is -0.378 e. The van der Waals surface area contributed by atoms with E-state index in [1.807, 2.05) is 12.3 Å². The highest BCUT2D eigenvalue weighted by atomic mass is 127. The minimum atomic E-state index is 0. The maximum absolute atomic E-state index is 5.47. The van der Waals surface area contributed by atoms with Crippen LogP contribution >= 0.6 is 35.3 Å². The van der Waals surface area contributed by atoms with E-state index >= 15 is 0 Å². The molecule has 0 aromatic carbocycles. The zero-order chi connectivity index (χ0) is 19.8. The van der Waals surface area contributed by atoms with Crippen molar-refractivity contribution >= 4 is 47.1 Å². The lowest BCUT2D eigenvalue weighted by Crippen LogP contribution is -2.43. The number of aromatic nitrogens is 1. The normalized spacial score (nSPS) is 15.0. The van der Waals surface area contributed by atoms with Crippen LogP contribution in [0.2, 0.25) is 0 Å². The quantitative estimate of drug-likeness (QED) is 0.326. The van der Waals surface area contributed by atoms with Crippen LogP contribution < -0.4 is 15.5 Å². The van der Waals surface area contributed by atoms with Crippen LogP contribution in [-0.4, -0.2) is 50.3 Å². The molecule has 2 N–H and O–H groups in total. The first-order valence-corrected chi connectivity index (χ1v) is 10.8. The van der Waals surface area contributed by atoms with Gasteiger partial charge in [-0.05, 0) is 24.4 Å². The summed E-state index contributed by atoms with van der Waals surface area (Å²) in [6, 6.07) is 8.40. The average Bonchev–Trinajstić information content (AvgIpc) is 3.27. The summed E-state index contributed by atoms with van der Waals surface area (Å²) in [5.74, 6) is 1.85. The topological polar surface area (TPSA) is 61.8 Å². The van der Waals surface area contributed by atoms with Crippen LogP contribution in [0.3, 0.4) is 0 Å². The number of thiophene rings is 1. The van der Waals surface area contributed by atoms with Gasteiger partial charge in [-0.2, -0.15) is 0 Å². The molecule has 3 heterocycles. The number of anilines is 1. The molecule has 0 radical (unpaired) electrons. The second-order valence-corrected chi connectivity index (χ2v) is 8.44. The van der Waals surface area contributed by atoms with Gasteiger partial charge in [-0.25, -0.2) is 9.98 Å². The molecule has 1 saturated heterocycles. The smallest absolute Gasteiger partial charge is 0.191 e. The summed E-state index contributed by atoms with van der Waals surface area (Å²) in [7, 11) is 0. The number of hydrogen-bond acceptors (Lipinski definition) is 5. The van der Waals surface area contributed by atoms with Gasteiger partial charge in [0.15, 0.2) is 5.96 Å². The molecule has 1 aliphatic heterocycles. The molecule has 0 aliphatic carbocycles. The van der Waals surface area contributed by atoms with Crippen LogP contribution in [0.1, 0.15) is 31.2 Å². The monoisotopic (exact) mass is 529 g/mol. The fraction of sp³-hybridized carbons (Fsp3) is 0.524. The summed E-state index contributed by atoms with van der Waals surface area (Å²) in [4.78, 5) is 13.1. The molecule has 0 unspecified atom stereocenters. The highest BCUT2D eigenvalue weighted by molar-refractivity contribution is 14.0. The Morgan fingerprint density at radius 1 is 1.24 bits per heavy atom. The van der Waals surface area contributed by atoms with Crippen molar-refractivity contribution in [3.05, 3.63) is 46.3 Å². The zero-order valence-corrected chi connectivity index (χ0v) is 20.6. The van der Waals surface area contributed by atoms with E-state index in [1.54, 1.807) is 11.3 Å². The van der Waals surface area contributed by atoms with Crippen LogP contribution in [0.5, 0.6) is 0 Å². The third-order valence-electron chi connectivity index (χ3n) is 4.82. The number of hydrogen-bond donors (Lipinski definition) is 2. The fourth-order valence-corrected chi connectivity index (χ4v) is 4.03. The summed E-state index contributed by atoms with van der Waals surface area (Å²) in [5, 5.41) is 9.00. The molecule has 29 heavy (non-hydrogen) atoms. The summed E-state index contributed by atoms with van der Waals surface area (Å²) in [6.07, 6.45) is 1.85. The van der Waals surface area contributed by atoms with Gasteiger partial charge in [-0.1, -0.05) is 26.0 Å². The summed E-state index contributed by atoms with van der Waals surface area (Å²) < 4.78 is 5.47. The molecule has 0 spiro atoms. The molecule has 0 bridgehead atoms. The zero-order valence-electron chi connectivity index (χ0n) is 17.5.